The molecular formula is C13H23NO3. The molecule has 0 radical (unpaired) electrons. The van der Waals surface area contributed by atoms with Crippen LogP contribution in [0.3, 0.4) is 0 Å². The van der Waals surface area contributed by atoms with Crippen LogP contribution in [0, 0.1) is 11.8 Å². The second-order valence-corrected chi connectivity index (χ2v) is 6.18. The highest BCUT2D eigenvalue weighted by atomic mass is 16.5. The van der Waals surface area contributed by atoms with Gasteiger partial charge in [0.1, 0.15) is 0 Å². The van der Waals surface area contributed by atoms with Crippen molar-refractivity contribution in [1.29, 1.82) is 0 Å². The smallest absolute Gasteiger partial charge is 0.308 e. The van der Waals surface area contributed by atoms with Crippen LogP contribution in [0.5, 0.6) is 0 Å². The van der Waals surface area contributed by atoms with Gasteiger partial charge in [0.25, 0.3) is 0 Å². The molecule has 0 aromatic carbocycles. The molecule has 3 unspecified atom stereocenters. The summed E-state index contributed by atoms with van der Waals surface area (Å²) in [5.41, 5.74) is 0.00219. The number of carboxylic acid groups (broad SMARTS) is 1. The van der Waals surface area contributed by atoms with E-state index in [0.29, 0.717) is 6.54 Å². The zero-order valence-electron chi connectivity index (χ0n) is 11.0. The Labute approximate surface area is 103 Å². The maximum Gasteiger partial charge on any atom is 0.308 e. The first-order valence-electron chi connectivity index (χ1n) is 6.50. The predicted octanol–water partition coefficient (Wildman–Crippen LogP) is 1.60. The molecule has 2 aliphatic rings. The third-order valence-electron chi connectivity index (χ3n) is 4.02. The van der Waals surface area contributed by atoms with E-state index < -0.39 is 5.97 Å². The first-order chi connectivity index (χ1) is 7.87. The highest BCUT2D eigenvalue weighted by molar-refractivity contribution is 5.71. The zero-order valence-corrected chi connectivity index (χ0v) is 11.0. The summed E-state index contributed by atoms with van der Waals surface area (Å²) in [6, 6.07) is 0. The SMILES string of the molecule is CC1CN(CC2CCC(C)(C)O2)CC1C(=O)O. The zero-order chi connectivity index (χ0) is 12.6. The van der Waals surface area contributed by atoms with E-state index in [1.54, 1.807) is 0 Å². The third-order valence-corrected chi connectivity index (χ3v) is 4.02. The minimum atomic E-state index is -0.660. The predicted molar refractivity (Wildman–Crippen MR) is 64.9 cm³/mol. The van der Waals surface area contributed by atoms with E-state index in [4.69, 9.17) is 9.84 Å². The van der Waals surface area contributed by atoms with Gasteiger partial charge < -0.3 is 9.84 Å². The normalized spacial score (nSPS) is 37.5. The minimum Gasteiger partial charge on any atom is -0.481 e. The van der Waals surface area contributed by atoms with E-state index in [2.05, 4.69) is 18.7 Å². The molecule has 2 rings (SSSR count). The Morgan fingerprint density at radius 2 is 2.18 bits per heavy atom. The van der Waals surface area contributed by atoms with Gasteiger partial charge in [-0.2, -0.15) is 0 Å². The van der Waals surface area contributed by atoms with E-state index in [0.717, 1.165) is 25.9 Å². The van der Waals surface area contributed by atoms with Crippen LogP contribution in [0.4, 0.5) is 0 Å². The number of rotatable bonds is 3. The highest BCUT2D eigenvalue weighted by Gasteiger charge is 2.38. The summed E-state index contributed by atoms with van der Waals surface area (Å²) in [7, 11) is 0. The fourth-order valence-corrected chi connectivity index (χ4v) is 3.03. The van der Waals surface area contributed by atoms with Crippen molar-refractivity contribution < 1.29 is 14.6 Å². The first-order valence-corrected chi connectivity index (χ1v) is 6.50. The molecule has 3 atom stereocenters. The van der Waals surface area contributed by atoms with Crippen LogP contribution in [0.25, 0.3) is 0 Å². The lowest BCUT2D eigenvalue weighted by atomic mass is 9.99. The molecule has 2 fully saturated rings. The highest BCUT2D eigenvalue weighted by Crippen LogP contribution is 2.31. The molecule has 0 aromatic heterocycles. The molecule has 17 heavy (non-hydrogen) atoms. The van der Waals surface area contributed by atoms with Gasteiger partial charge in [-0.25, -0.2) is 0 Å². The van der Waals surface area contributed by atoms with Gasteiger partial charge >= 0.3 is 5.97 Å². The number of carboxylic acids is 1. The van der Waals surface area contributed by atoms with Crippen molar-refractivity contribution in [3.63, 3.8) is 0 Å². The van der Waals surface area contributed by atoms with E-state index in [-0.39, 0.29) is 23.5 Å². The average molecular weight is 241 g/mol. The van der Waals surface area contributed by atoms with E-state index >= 15 is 0 Å². The van der Waals surface area contributed by atoms with Gasteiger partial charge in [-0.05, 0) is 32.6 Å². The monoisotopic (exact) mass is 241 g/mol. The van der Waals surface area contributed by atoms with Crippen LogP contribution < -0.4 is 0 Å². The molecule has 2 saturated heterocycles. The van der Waals surface area contributed by atoms with Crippen LogP contribution >= 0.6 is 0 Å². The van der Waals surface area contributed by atoms with Gasteiger partial charge in [-0.1, -0.05) is 6.92 Å². The first kappa shape index (κ1) is 12.8. The van der Waals surface area contributed by atoms with Crippen molar-refractivity contribution >= 4 is 5.97 Å². The molecule has 0 saturated carbocycles. The number of likely N-dealkylation sites (tertiary alicyclic amines) is 1. The summed E-state index contributed by atoms with van der Waals surface area (Å²) in [6.45, 7) is 8.73. The van der Waals surface area contributed by atoms with E-state index in [9.17, 15) is 4.79 Å². The van der Waals surface area contributed by atoms with Gasteiger partial charge in [-0.15, -0.1) is 0 Å². The average Bonchev–Trinajstić information content (AvgIpc) is 2.70. The van der Waals surface area contributed by atoms with E-state index in [1.807, 2.05) is 6.92 Å². The summed E-state index contributed by atoms with van der Waals surface area (Å²) in [5, 5.41) is 9.09. The quantitative estimate of drug-likeness (QED) is 0.815. The summed E-state index contributed by atoms with van der Waals surface area (Å²) >= 11 is 0. The Morgan fingerprint density at radius 1 is 1.47 bits per heavy atom. The maximum absolute atomic E-state index is 11.0. The second kappa shape index (κ2) is 4.58. The van der Waals surface area contributed by atoms with Crippen molar-refractivity contribution in [1.82, 2.24) is 4.90 Å². The summed E-state index contributed by atoms with van der Waals surface area (Å²) in [5.74, 6) is -0.612. The van der Waals surface area contributed by atoms with Crippen LogP contribution in [-0.4, -0.2) is 47.3 Å². The number of nitrogens with zero attached hydrogens (tertiary/aromatic N) is 1. The van der Waals surface area contributed by atoms with Gasteiger partial charge in [0.2, 0.25) is 0 Å². The van der Waals surface area contributed by atoms with Crippen LogP contribution in [0.2, 0.25) is 0 Å². The summed E-state index contributed by atoms with van der Waals surface area (Å²) in [4.78, 5) is 13.3. The molecule has 4 heteroatoms. The molecule has 0 aliphatic carbocycles. The number of hydrogen-bond acceptors (Lipinski definition) is 3. The van der Waals surface area contributed by atoms with Gasteiger partial charge in [0, 0.05) is 19.6 Å². The molecular weight excluding hydrogens is 218 g/mol. The maximum atomic E-state index is 11.0. The number of carbonyl (C=O) groups is 1. The Hall–Kier alpha value is -0.610. The van der Waals surface area contributed by atoms with Crippen molar-refractivity contribution in [2.45, 2.75) is 45.3 Å². The Morgan fingerprint density at radius 3 is 2.65 bits per heavy atom. The molecule has 98 valence electrons. The molecule has 4 nitrogen and oxygen atoms in total. The van der Waals surface area contributed by atoms with Crippen molar-refractivity contribution in [2.24, 2.45) is 11.8 Å². The number of ether oxygens (including phenoxy) is 1. The molecule has 2 heterocycles. The fraction of sp³-hybridized carbons (Fsp3) is 0.923. The number of aliphatic carboxylic acids is 1. The van der Waals surface area contributed by atoms with Crippen molar-refractivity contribution in [2.75, 3.05) is 19.6 Å². The standard InChI is InChI=1S/C13H23NO3/c1-9-6-14(8-11(9)12(15)16)7-10-4-5-13(2,3)17-10/h9-11H,4-8H2,1-3H3,(H,15,16). The van der Waals surface area contributed by atoms with Gasteiger partial charge in [0.15, 0.2) is 0 Å². The van der Waals surface area contributed by atoms with Gasteiger partial charge in [0.05, 0.1) is 17.6 Å². The summed E-state index contributed by atoms with van der Waals surface area (Å²) in [6.07, 6.45) is 2.48. The number of hydrogen-bond donors (Lipinski definition) is 1. The third kappa shape index (κ3) is 2.99. The molecule has 0 spiro atoms. The second-order valence-electron chi connectivity index (χ2n) is 6.18. The molecule has 0 amide bonds. The van der Waals surface area contributed by atoms with Crippen LogP contribution in [0.15, 0.2) is 0 Å². The lowest BCUT2D eigenvalue weighted by molar-refractivity contribution is -0.142. The molecule has 0 aromatic rings. The fourth-order valence-electron chi connectivity index (χ4n) is 3.03. The topological polar surface area (TPSA) is 49.8 Å². The summed E-state index contributed by atoms with van der Waals surface area (Å²) < 4.78 is 5.95. The van der Waals surface area contributed by atoms with Crippen molar-refractivity contribution in [3.8, 4) is 0 Å². The lowest BCUT2D eigenvalue weighted by Gasteiger charge is -2.23. The Kier molecular flexibility index (Phi) is 3.46. The van der Waals surface area contributed by atoms with Gasteiger partial charge in [-0.3, -0.25) is 9.69 Å². The largest absolute Gasteiger partial charge is 0.481 e. The molecule has 0 bridgehead atoms. The lowest BCUT2D eigenvalue weighted by Crippen LogP contribution is -2.33. The minimum absolute atomic E-state index is 0.00219. The Balaban J connectivity index is 1.84. The molecule has 2 aliphatic heterocycles. The molecule has 1 N–H and O–H groups in total. The van der Waals surface area contributed by atoms with E-state index in [1.165, 1.54) is 0 Å². The van der Waals surface area contributed by atoms with Crippen LogP contribution in [0.1, 0.15) is 33.6 Å². The Bertz CT molecular complexity index is 303. The van der Waals surface area contributed by atoms with Crippen molar-refractivity contribution in [3.05, 3.63) is 0 Å². The van der Waals surface area contributed by atoms with Crippen LogP contribution in [-0.2, 0) is 9.53 Å².